The first kappa shape index (κ1) is 17.3. The van der Waals surface area contributed by atoms with Crippen molar-refractivity contribution in [3.05, 3.63) is 29.3 Å². The molecule has 0 aromatic heterocycles. The summed E-state index contributed by atoms with van der Waals surface area (Å²) in [6.07, 6.45) is 1.67. The Bertz CT molecular complexity index is 644. The van der Waals surface area contributed by atoms with E-state index in [1.165, 1.54) is 16.8 Å². The van der Waals surface area contributed by atoms with Crippen LogP contribution in [0.2, 0.25) is 0 Å². The quantitative estimate of drug-likeness (QED) is 0.585. The van der Waals surface area contributed by atoms with Crippen LogP contribution in [-0.2, 0) is 16.1 Å². The second kappa shape index (κ2) is 8.06. The third kappa shape index (κ3) is 4.13. The maximum absolute atomic E-state index is 11.7. The smallest absolute Gasteiger partial charge is 0.259 e. The lowest BCUT2D eigenvalue weighted by Crippen LogP contribution is -2.35. The molecule has 24 heavy (non-hydrogen) atoms. The number of amides is 1. The summed E-state index contributed by atoms with van der Waals surface area (Å²) < 4.78 is 11.3. The highest BCUT2D eigenvalue weighted by atomic mass is 32.2. The molecule has 0 aliphatic carbocycles. The van der Waals surface area contributed by atoms with Crippen LogP contribution in [0.25, 0.3) is 0 Å². The highest BCUT2D eigenvalue weighted by Gasteiger charge is 2.26. The largest absolute Gasteiger partial charge is 0.496 e. The number of morpholine rings is 1. The summed E-state index contributed by atoms with van der Waals surface area (Å²) in [5.74, 6) is 1.13. The molecule has 2 aliphatic rings. The fourth-order valence-electron chi connectivity index (χ4n) is 2.59. The first-order valence-corrected chi connectivity index (χ1v) is 9.07. The predicted molar refractivity (Wildman–Crippen MR) is 98.6 cm³/mol. The first-order chi connectivity index (χ1) is 11.7. The summed E-state index contributed by atoms with van der Waals surface area (Å²) in [5.41, 5.74) is 2.00. The number of thioether (sulfide) groups is 1. The molecule has 1 aromatic carbocycles. The molecular weight excluding hydrogens is 346 g/mol. The number of methoxy groups -OCH3 is 1. The molecule has 128 valence electrons. The standard InChI is InChI=1S/C16H19N3O3S2/c1-21-14-3-2-12(9-17-19-15(20)11-24-16(19)23)8-13(14)10-18-4-6-22-7-5-18/h2-3,8-9H,4-7,10-11H2,1H3/b17-9-. The maximum Gasteiger partial charge on any atom is 0.259 e. The number of hydrogen-bond acceptors (Lipinski definition) is 7. The van der Waals surface area contributed by atoms with Crippen molar-refractivity contribution in [2.75, 3.05) is 39.2 Å². The minimum atomic E-state index is -0.0803. The van der Waals surface area contributed by atoms with E-state index in [1.54, 1.807) is 13.3 Å². The summed E-state index contributed by atoms with van der Waals surface area (Å²) in [6.45, 7) is 4.14. The lowest BCUT2D eigenvalue weighted by Gasteiger charge is -2.27. The van der Waals surface area contributed by atoms with Crippen LogP contribution >= 0.6 is 24.0 Å². The van der Waals surface area contributed by atoms with Gasteiger partial charge in [-0.1, -0.05) is 24.0 Å². The Labute approximate surface area is 150 Å². The van der Waals surface area contributed by atoms with Gasteiger partial charge in [0, 0.05) is 25.2 Å². The van der Waals surface area contributed by atoms with E-state index >= 15 is 0 Å². The van der Waals surface area contributed by atoms with E-state index in [0.717, 1.165) is 49.7 Å². The lowest BCUT2D eigenvalue weighted by molar-refractivity contribution is -0.123. The number of nitrogens with zero attached hydrogens (tertiary/aromatic N) is 3. The molecule has 0 N–H and O–H groups in total. The molecule has 0 atom stereocenters. The van der Waals surface area contributed by atoms with Crippen LogP contribution in [0.3, 0.4) is 0 Å². The van der Waals surface area contributed by atoms with Gasteiger partial charge in [-0.3, -0.25) is 9.69 Å². The minimum absolute atomic E-state index is 0.0803. The van der Waals surface area contributed by atoms with E-state index in [4.69, 9.17) is 21.7 Å². The molecule has 2 aliphatic heterocycles. The molecule has 3 rings (SSSR count). The van der Waals surface area contributed by atoms with Gasteiger partial charge in [0.1, 0.15) is 5.75 Å². The van der Waals surface area contributed by atoms with E-state index < -0.39 is 0 Å². The molecule has 6 nitrogen and oxygen atoms in total. The van der Waals surface area contributed by atoms with Gasteiger partial charge < -0.3 is 9.47 Å². The van der Waals surface area contributed by atoms with E-state index in [9.17, 15) is 4.79 Å². The Balaban J connectivity index is 1.75. The third-order valence-electron chi connectivity index (χ3n) is 3.85. The van der Waals surface area contributed by atoms with Crippen LogP contribution in [0, 0.1) is 0 Å². The van der Waals surface area contributed by atoms with Crippen molar-refractivity contribution in [3.63, 3.8) is 0 Å². The van der Waals surface area contributed by atoms with Gasteiger partial charge in [0.05, 0.1) is 32.3 Å². The molecule has 0 unspecified atom stereocenters. The van der Waals surface area contributed by atoms with Gasteiger partial charge in [-0.05, 0) is 23.8 Å². The Kier molecular flexibility index (Phi) is 5.83. The summed E-state index contributed by atoms with van der Waals surface area (Å²) in [6, 6.07) is 5.88. The Hall–Kier alpha value is -1.48. The minimum Gasteiger partial charge on any atom is -0.496 e. The Morgan fingerprint density at radius 3 is 2.88 bits per heavy atom. The molecule has 2 saturated heterocycles. The predicted octanol–water partition coefficient (Wildman–Crippen LogP) is 1.72. The molecular formula is C16H19N3O3S2. The lowest BCUT2D eigenvalue weighted by atomic mass is 10.1. The van der Waals surface area contributed by atoms with Crippen molar-refractivity contribution in [2.45, 2.75) is 6.54 Å². The number of hydrogen-bond donors (Lipinski definition) is 0. The normalized spacial score (nSPS) is 19.5. The molecule has 1 amide bonds. The Morgan fingerprint density at radius 2 is 2.21 bits per heavy atom. The van der Waals surface area contributed by atoms with Crippen molar-refractivity contribution in [1.29, 1.82) is 0 Å². The topological polar surface area (TPSA) is 54.4 Å². The molecule has 0 saturated carbocycles. The number of hydrazone groups is 1. The highest BCUT2D eigenvalue weighted by molar-refractivity contribution is 8.23. The SMILES string of the molecule is COc1ccc(/C=N\N2C(=O)CSC2=S)cc1CN1CCOCC1. The molecule has 0 radical (unpaired) electrons. The number of ether oxygens (including phenoxy) is 2. The van der Waals surface area contributed by atoms with Gasteiger partial charge >= 0.3 is 0 Å². The van der Waals surface area contributed by atoms with Crippen molar-refractivity contribution in [2.24, 2.45) is 5.10 Å². The maximum atomic E-state index is 11.7. The summed E-state index contributed by atoms with van der Waals surface area (Å²) >= 11 is 6.46. The second-order valence-electron chi connectivity index (χ2n) is 5.46. The number of carbonyl (C=O) groups is 1. The van der Waals surface area contributed by atoms with Crippen molar-refractivity contribution in [3.8, 4) is 5.75 Å². The summed E-state index contributed by atoms with van der Waals surface area (Å²) in [4.78, 5) is 14.0. The molecule has 8 heteroatoms. The van der Waals surface area contributed by atoms with E-state index in [1.807, 2.05) is 18.2 Å². The Morgan fingerprint density at radius 1 is 1.42 bits per heavy atom. The van der Waals surface area contributed by atoms with E-state index in [0.29, 0.717) is 10.1 Å². The zero-order valence-electron chi connectivity index (χ0n) is 13.4. The third-order valence-corrected chi connectivity index (χ3v) is 5.19. The molecule has 2 fully saturated rings. The van der Waals surface area contributed by atoms with Crippen LogP contribution in [-0.4, -0.2) is 65.5 Å². The molecule has 0 spiro atoms. The van der Waals surface area contributed by atoms with Crippen LogP contribution in [0.4, 0.5) is 0 Å². The number of thiocarbonyl (C=S) groups is 1. The van der Waals surface area contributed by atoms with Gasteiger partial charge in [-0.2, -0.15) is 10.1 Å². The zero-order chi connectivity index (χ0) is 16.9. The van der Waals surface area contributed by atoms with Crippen LogP contribution in [0.1, 0.15) is 11.1 Å². The van der Waals surface area contributed by atoms with Crippen molar-refractivity contribution in [1.82, 2.24) is 9.91 Å². The van der Waals surface area contributed by atoms with Gasteiger partial charge in [-0.15, -0.1) is 0 Å². The molecule has 2 heterocycles. The second-order valence-corrected chi connectivity index (χ2v) is 7.07. The average molecular weight is 365 g/mol. The fourth-order valence-corrected chi connectivity index (χ4v) is 3.55. The van der Waals surface area contributed by atoms with Gasteiger partial charge in [0.15, 0.2) is 4.32 Å². The number of rotatable bonds is 5. The van der Waals surface area contributed by atoms with Crippen LogP contribution in [0.15, 0.2) is 23.3 Å². The van der Waals surface area contributed by atoms with Gasteiger partial charge in [-0.25, -0.2) is 0 Å². The van der Waals surface area contributed by atoms with Crippen molar-refractivity contribution >= 4 is 40.4 Å². The van der Waals surface area contributed by atoms with E-state index in [-0.39, 0.29) is 5.91 Å². The summed E-state index contributed by atoms with van der Waals surface area (Å²) in [7, 11) is 1.67. The fraction of sp³-hybridized carbons (Fsp3) is 0.438. The van der Waals surface area contributed by atoms with Crippen LogP contribution in [0.5, 0.6) is 5.75 Å². The first-order valence-electron chi connectivity index (χ1n) is 7.68. The molecule has 1 aromatic rings. The molecule has 0 bridgehead atoms. The van der Waals surface area contributed by atoms with Crippen LogP contribution < -0.4 is 4.74 Å². The highest BCUT2D eigenvalue weighted by Crippen LogP contribution is 2.23. The van der Waals surface area contributed by atoms with Gasteiger partial charge in [0.2, 0.25) is 0 Å². The average Bonchev–Trinajstić information content (AvgIpc) is 2.92. The number of benzene rings is 1. The monoisotopic (exact) mass is 365 g/mol. The zero-order valence-corrected chi connectivity index (χ0v) is 15.1. The number of carbonyl (C=O) groups excluding carboxylic acids is 1. The van der Waals surface area contributed by atoms with E-state index in [2.05, 4.69) is 10.0 Å². The van der Waals surface area contributed by atoms with Gasteiger partial charge in [0.25, 0.3) is 5.91 Å². The van der Waals surface area contributed by atoms with Crippen molar-refractivity contribution < 1.29 is 14.3 Å². The summed E-state index contributed by atoms with van der Waals surface area (Å²) in [5, 5.41) is 5.50.